The van der Waals surface area contributed by atoms with Crippen molar-refractivity contribution in [3.05, 3.63) is 70.3 Å². The van der Waals surface area contributed by atoms with Crippen LogP contribution in [-0.4, -0.2) is 33.3 Å². The van der Waals surface area contributed by atoms with Crippen molar-refractivity contribution in [2.24, 2.45) is 0 Å². The number of aromatic amines is 1. The summed E-state index contributed by atoms with van der Waals surface area (Å²) in [7, 11) is 0. The Kier molecular flexibility index (Phi) is 5.75. The molecule has 0 unspecified atom stereocenters. The average molecular weight is 445 g/mol. The first-order chi connectivity index (χ1) is 16.1. The van der Waals surface area contributed by atoms with Crippen LogP contribution in [0.5, 0.6) is 11.8 Å². The number of halogens is 1. The van der Waals surface area contributed by atoms with Gasteiger partial charge in [0, 0.05) is 24.2 Å². The number of nitrogens with one attached hydrogen (secondary N) is 3. The fraction of sp³-hybridized carbons (Fsp3) is 0.240. The van der Waals surface area contributed by atoms with E-state index in [0.717, 1.165) is 54.0 Å². The highest BCUT2D eigenvalue weighted by Gasteiger charge is 2.20. The zero-order valence-corrected chi connectivity index (χ0v) is 18.6. The van der Waals surface area contributed by atoms with E-state index in [-0.39, 0.29) is 11.8 Å². The quantitative estimate of drug-likeness (QED) is 0.482. The minimum Gasteiger partial charge on any atom is -0.421 e. The van der Waals surface area contributed by atoms with Gasteiger partial charge in [0.2, 0.25) is 0 Å². The largest absolute Gasteiger partial charge is 0.421 e. The summed E-state index contributed by atoms with van der Waals surface area (Å²) < 4.78 is 21.0. The number of hydrogen-bond acceptors (Lipinski definition) is 6. The summed E-state index contributed by atoms with van der Waals surface area (Å²) in [5.74, 6) is 0.849. The molecule has 1 aromatic carbocycles. The Balaban J connectivity index is 1.49. The van der Waals surface area contributed by atoms with Crippen LogP contribution in [0.4, 0.5) is 16.0 Å². The lowest BCUT2D eigenvalue weighted by Crippen LogP contribution is -2.20. The smallest absolute Gasteiger partial charge is 0.324 e. The predicted octanol–water partition coefficient (Wildman–Crippen LogP) is 5.24. The molecule has 2 aliphatic rings. The topological polar surface area (TPSA) is 87.8 Å². The highest BCUT2D eigenvalue weighted by atomic mass is 19.1. The highest BCUT2D eigenvalue weighted by Crippen LogP contribution is 2.34. The van der Waals surface area contributed by atoms with Crippen LogP contribution in [0.3, 0.4) is 0 Å². The van der Waals surface area contributed by atoms with Crippen LogP contribution >= 0.6 is 0 Å². The summed E-state index contributed by atoms with van der Waals surface area (Å²) in [5, 5.41) is 13.7. The second-order valence-corrected chi connectivity index (χ2v) is 8.16. The van der Waals surface area contributed by atoms with Crippen LogP contribution in [-0.2, 0) is 6.42 Å². The second kappa shape index (κ2) is 8.99. The Bertz CT molecular complexity index is 1290. The zero-order valence-electron chi connectivity index (χ0n) is 18.6. The third kappa shape index (κ3) is 4.56. The number of hydrogen-bond donors (Lipinski definition) is 3. The molecule has 1 aliphatic carbocycles. The number of aromatic nitrogens is 4. The van der Waals surface area contributed by atoms with E-state index in [9.17, 15) is 0 Å². The molecule has 0 saturated carbocycles. The molecule has 0 fully saturated rings. The lowest BCUT2D eigenvalue weighted by molar-refractivity contribution is 0.410. The molecule has 3 aromatic rings. The summed E-state index contributed by atoms with van der Waals surface area (Å²) in [6, 6.07) is 7.35. The summed E-state index contributed by atoms with van der Waals surface area (Å²) in [4.78, 5) is 9.07. The van der Waals surface area contributed by atoms with Crippen LogP contribution in [0, 0.1) is 5.82 Å². The molecule has 3 heterocycles. The van der Waals surface area contributed by atoms with E-state index in [1.54, 1.807) is 6.07 Å². The fourth-order valence-corrected chi connectivity index (χ4v) is 4.05. The maximum absolute atomic E-state index is 15.1. The zero-order chi connectivity index (χ0) is 22.8. The van der Waals surface area contributed by atoms with Gasteiger partial charge in [-0.15, -0.1) is 0 Å². The predicted molar refractivity (Wildman–Crippen MR) is 128 cm³/mol. The maximum Gasteiger partial charge on any atom is 0.324 e. The summed E-state index contributed by atoms with van der Waals surface area (Å²) in [5.41, 5.74) is 5.37. The molecule has 168 valence electrons. The molecule has 33 heavy (non-hydrogen) atoms. The van der Waals surface area contributed by atoms with Gasteiger partial charge in [0.1, 0.15) is 5.82 Å². The number of nitrogens with zero attached hydrogens (tertiary/aromatic N) is 3. The lowest BCUT2D eigenvalue weighted by Gasteiger charge is -2.15. The first-order valence-electron chi connectivity index (χ1n) is 11.0. The molecule has 0 atom stereocenters. The second-order valence-electron chi connectivity index (χ2n) is 8.16. The van der Waals surface area contributed by atoms with E-state index in [0.29, 0.717) is 17.2 Å². The van der Waals surface area contributed by atoms with Gasteiger partial charge >= 0.3 is 6.01 Å². The molecule has 7 nitrogen and oxygen atoms in total. The van der Waals surface area contributed by atoms with Crippen molar-refractivity contribution in [1.29, 1.82) is 0 Å². The molecule has 5 rings (SSSR count). The molecule has 3 N–H and O–H groups in total. The Morgan fingerprint density at radius 2 is 2.09 bits per heavy atom. The van der Waals surface area contributed by atoms with Crippen molar-refractivity contribution in [3.63, 3.8) is 0 Å². The first kappa shape index (κ1) is 21.1. The SMILES string of the molecule is C/C=C/c1cc(Nc2cc(C3=CCNCC3)nc(Oc3ccc4c(c3F)C=C(C)C4)n2)n[nH]1. The van der Waals surface area contributed by atoms with Crippen molar-refractivity contribution in [3.8, 4) is 11.8 Å². The molecule has 2 aromatic heterocycles. The van der Waals surface area contributed by atoms with Crippen LogP contribution in [0.2, 0.25) is 0 Å². The summed E-state index contributed by atoms with van der Waals surface area (Å²) >= 11 is 0. The molecular formula is C25H25FN6O. The highest BCUT2D eigenvalue weighted by molar-refractivity contribution is 5.68. The number of benzene rings is 1. The van der Waals surface area contributed by atoms with Crippen LogP contribution in [0.25, 0.3) is 17.7 Å². The maximum atomic E-state index is 15.1. The molecule has 0 radical (unpaired) electrons. The Labute approximate surface area is 191 Å². The van der Waals surface area contributed by atoms with E-state index >= 15 is 4.39 Å². The van der Waals surface area contributed by atoms with Crippen molar-refractivity contribution in [2.75, 3.05) is 18.4 Å². The van der Waals surface area contributed by atoms with Gasteiger partial charge in [-0.25, -0.2) is 4.39 Å². The third-order valence-corrected chi connectivity index (χ3v) is 5.59. The van der Waals surface area contributed by atoms with Crippen molar-refractivity contribution >= 4 is 29.4 Å². The first-order valence-corrected chi connectivity index (χ1v) is 11.0. The number of H-pyrrole nitrogens is 1. The van der Waals surface area contributed by atoms with Crippen LogP contribution in [0.1, 0.15) is 42.8 Å². The fourth-order valence-electron chi connectivity index (χ4n) is 4.05. The Hall–Kier alpha value is -3.78. The molecular weight excluding hydrogens is 419 g/mol. The lowest BCUT2D eigenvalue weighted by atomic mass is 10.1. The number of fused-ring (bicyclic) bond motifs is 1. The molecule has 0 bridgehead atoms. The van der Waals surface area contributed by atoms with Crippen LogP contribution in [0.15, 0.2) is 42.0 Å². The van der Waals surface area contributed by atoms with Crippen molar-refractivity contribution in [1.82, 2.24) is 25.5 Å². The van der Waals surface area contributed by atoms with E-state index in [1.165, 1.54) is 0 Å². The minimum absolute atomic E-state index is 0.0798. The Morgan fingerprint density at radius 1 is 1.18 bits per heavy atom. The number of ether oxygens (including phenoxy) is 1. The van der Waals surface area contributed by atoms with Gasteiger partial charge in [0.25, 0.3) is 0 Å². The van der Waals surface area contributed by atoms with Crippen LogP contribution < -0.4 is 15.4 Å². The minimum atomic E-state index is -0.391. The van der Waals surface area contributed by atoms with Crippen molar-refractivity contribution < 1.29 is 9.13 Å². The van der Waals surface area contributed by atoms with E-state index in [2.05, 4.69) is 36.9 Å². The third-order valence-electron chi connectivity index (χ3n) is 5.59. The van der Waals surface area contributed by atoms with Gasteiger partial charge in [-0.3, -0.25) is 5.10 Å². The molecule has 8 heteroatoms. The molecule has 0 amide bonds. The molecule has 0 spiro atoms. The molecule has 1 aliphatic heterocycles. The Morgan fingerprint density at radius 3 is 2.91 bits per heavy atom. The van der Waals surface area contributed by atoms with E-state index in [4.69, 9.17) is 4.74 Å². The number of allylic oxidation sites excluding steroid dienone is 2. The monoisotopic (exact) mass is 444 g/mol. The standard InChI is InChI=1S/C25H25FN6O/c1-3-4-18-13-23(32-31-18)29-22-14-20(16-7-9-27-10-8-16)28-25(30-22)33-21-6-5-17-11-15(2)12-19(17)24(21)26/h3-7,12-14,27H,8-11H2,1-2H3,(H2,28,29,30,31,32)/b4-3+. The summed E-state index contributed by atoms with van der Waals surface area (Å²) in [6.45, 7) is 5.58. The van der Waals surface area contributed by atoms with Gasteiger partial charge in [-0.1, -0.05) is 29.9 Å². The van der Waals surface area contributed by atoms with Crippen molar-refractivity contribution in [2.45, 2.75) is 26.7 Å². The van der Waals surface area contributed by atoms with Gasteiger partial charge in [0.05, 0.1) is 11.4 Å². The van der Waals surface area contributed by atoms with E-state index < -0.39 is 5.82 Å². The normalized spacial score (nSPS) is 15.4. The van der Waals surface area contributed by atoms with Gasteiger partial charge in [0.15, 0.2) is 17.4 Å². The molecule has 0 saturated heterocycles. The average Bonchev–Trinajstić information content (AvgIpc) is 3.42. The van der Waals surface area contributed by atoms with E-state index in [1.807, 2.05) is 50.3 Å². The summed E-state index contributed by atoms with van der Waals surface area (Å²) in [6.07, 6.45) is 9.40. The van der Waals surface area contributed by atoms with Gasteiger partial charge in [-0.05, 0) is 56.5 Å². The van der Waals surface area contributed by atoms with Gasteiger partial charge < -0.3 is 15.4 Å². The number of anilines is 2. The van der Waals surface area contributed by atoms with Gasteiger partial charge in [-0.2, -0.15) is 15.1 Å². The number of rotatable bonds is 6.